The fourth-order valence-corrected chi connectivity index (χ4v) is 4.53. The predicted molar refractivity (Wildman–Crippen MR) is 120 cm³/mol. The highest BCUT2D eigenvalue weighted by Gasteiger charge is 2.28. The number of aromatic nitrogens is 2. The van der Waals surface area contributed by atoms with E-state index in [1.165, 1.54) is 10.8 Å². The van der Waals surface area contributed by atoms with E-state index >= 15 is 0 Å². The van der Waals surface area contributed by atoms with Crippen LogP contribution >= 0.6 is 23.2 Å². The van der Waals surface area contributed by atoms with Gasteiger partial charge in [0.05, 0.1) is 5.02 Å². The Balaban J connectivity index is 1.78. The average molecular weight is 508 g/mol. The number of sulfonamides is 1. The summed E-state index contributed by atoms with van der Waals surface area (Å²) in [5, 5.41) is 0.820. The Hall–Kier alpha value is -3.27. The lowest BCUT2D eigenvalue weighted by molar-refractivity contribution is 0.0977. The van der Waals surface area contributed by atoms with Crippen LogP contribution < -0.4 is 4.72 Å². The van der Waals surface area contributed by atoms with Gasteiger partial charge in [-0.15, -0.1) is 0 Å². The van der Waals surface area contributed by atoms with E-state index < -0.39 is 32.5 Å². The molecule has 0 saturated carbocycles. The summed E-state index contributed by atoms with van der Waals surface area (Å²) in [6, 6.07) is 15.9. The van der Waals surface area contributed by atoms with Gasteiger partial charge in [0.15, 0.2) is 4.90 Å². The van der Waals surface area contributed by atoms with Crippen molar-refractivity contribution in [1.82, 2.24) is 14.3 Å². The number of rotatable bonds is 5. The van der Waals surface area contributed by atoms with Gasteiger partial charge in [0.2, 0.25) is 0 Å². The van der Waals surface area contributed by atoms with Crippen molar-refractivity contribution in [1.29, 1.82) is 0 Å². The van der Waals surface area contributed by atoms with Crippen LogP contribution in [0.4, 0.5) is 8.78 Å². The number of carbonyl (C=O) groups excluding carboxylic acids is 1. The summed E-state index contributed by atoms with van der Waals surface area (Å²) in [5.41, 5.74) is 0.709. The zero-order valence-corrected chi connectivity index (χ0v) is 18.8. The van der Waals surface area contributed by atoms with E-state index in [4.69, 9.17) is 23.2 Å². The first-order valence-corrected chi connectivity index (χ1v) is 11.5. The van der Waals surface area contributed by atoms with Crippen molar-refractivity contribution in [2.24, 2.45) is 0 Å². The minimum Gasteiger partial charge on any atom is -0.299 e. The number of benzene rings is 3. The number of imidazole rings is 1. The first kappa shape index (κ1) is 22.9. The van der Waals surface area contributed by atoms with Gasteiger partial charge in [-0.05, 0) is 48.5 Å². The standard InChI is InChI=1S/C22H13Cl2F2N3O3S/c23-13-8-10-14(11-9-13)29-12-19(27-21(29)15-4-1-2-5-16(15)24)22(30)28-33(31,32)20-17(25)6-3-7-18(20)26/h1-12H,(H,28,30). The molecule has 1 heterocycles. The molecular weight excluding hydrogens is 495 g/mol. The lowest BCUT2D eigenvalue weighted by Crippen LogP contribution is -2.32. The molecule has 3 aromatic carbocycles. The zero-order valence-electron chi connectivity index (χ0n) is 16.5. The van der Waals surface area contributed by atoms with E-state index in [1.54, 1.807) is 53.3 Å². The fraction of sp³-hybridized carbons (Fsp3) is 0. The van der Waals surface area contributed by atoms with E-state index in [-0.39, 0.29) is 11.5 Å². The van der Waals surface area contributed by atoms with Crippen molar-refractivity contribution in [3.05, 3.63) is 100 Å². The van der Waals surface area contributed by atoms with Crippen molar-refractivity contribution < 1.29 is 22.0 Å². The molecule has 168 valence electrons. The molecule has 6 nitrogen and oxygen atoms in total. The van der Waals surface area contributed by atoms with Gasteiger partial charge in [-0.3, -0.25) is 9.36 Å². The van der Waals surface area contributed by atoms with Crippen LogP contribution in [-0.2, 0) is 10.0 Å². The summed E-state index contributed by atoms with van der Waals surface area (Å²) < 4.78 is 56.1. The molecular formula is C22H13Cl2F2N3O3S. The number of hydrogen-bond acceptors (Lipinski definition) is 4. The third kappa shape index (κ3) is 4.61. The molecule has 33 heavy (non-hydrogen) atoms. The second-order valence-electron chi connectivity index (χ2n) is 6.76. The number of nitrogens with one attached hydrogen (secondary N) is 1. The maximum absolute atomic E-state index is 14.0. The molecule has 4 rings (SSSR count). The first-order valence-electron chi connectivity index (χ1n) is 9.29. The molecule has 0 atom stereocenters. The van der Waals surface area contributed by atoms with Crippen molar-refractivity contribution >= 4 is 39.1 Å². The van der Waals surface area contributed by atoms with Gasteiger partial charge >= 0.3 is 0 Å². The van der Waals surface area contributed by atoms with Crippen LogP contribution in [0.3, 0.4) is 0 Å². The average Bonchev–Trinajstić information content (AvgIpc) is 3.19. The third-order valence-electron chi connectivity index (χ3n) is 4.57. The summed E-state index contributed by atoms with van der Waals surface area (Å²) in [5.74, 6) is -3.61. The third-order valence-corrected chi connectivity index (χ3v) is 6.54. The lowest BCUT2D eigenvalue weighted by Gasteiger charge is -2.09. The molecule has 0 spiro atoms. The van der Waals surface area contributed by atoms with Gasteiger partial charge in [0, 0.05) is 22.5 Å². The Morgan fingerprint density at radius 1 is 0.909 bits per heavy atom. The summed E-state index contributed by atoms with van der Waals surface area (Å²) in [4.78, 5) is 15.7. The Morgan fingerprint density at radius 2 is 1.55 bits per heavy atom. The van der Waals surface area contributed by atoms with Crippen LogP contribution in [0.25, 0.3) is 17.1 Å². The molecule has 0 aliphatic carbocycles. The minimum absolute atomic E-state index is 0.238. The minimum atomic E-state index is -4.86. The van der Waals surface area contributed by atoms with Crippen molar-refractivity contribution in [3.8, 4) is 17.1 Å². The highest BCUT2D eigenvalue weighted by molar-refractivity contribution is 7.90. The maximum Gasteiger partial charge on any atom is 0.285 e. The molecule has 0 radical (unpaired) electrons. The summed E-state index contributed by atoms with van der Waals surface area (Å²) in [7, 11) is -4.86. The summed E-state index contributed by atoms with van der Waals surface area (Å²) in [6.07, 6.45) is 1.28. The Bertz CT molecular complexity index is 1450. The Morgan fingerprint density at radius 3 is 2.18 bits per heavy atom. The zero-order chi connectivity index (χ0) is 23.8. The number of amides is 1. The monoisotopic (exact) mass is 507 g/mol. The molecule has 1 N–H and O–H groups in total. The van der Waals surface area contributed by atoms with Crippen LogP contribution in [0.2, 0.25) is 10.0 Å². The number of nitrogens with zero attached hydrogens (tertiary/aromatic N) is 2. The van der Waals surface area contributed by atoms with Gasteiger partial charge in [0.1, 0.15) is 23.2 Å². The molecule has 0 aliphatic heterocycles. The molecule has 0 bridgehead atoms. The van der Waals surface area contributed by atoms with Crippen LogP contribution in [0.1, 0.15) is 10.5 Å². The molecule has 0 aliphatic rings. The van der Waals surface area contributed by atoms with Crippen LogP contribution in [-0.4, -0.2) is 23.9 Å². The molecule has 0 saturated heterocycles. The Kier molecular flexibility index (Phi) is 6.20. The van der Waals surface area contributed by atoms with Gasteiger partial charge in [-0.2, -0.15) is 0 Å². The van der Waals surface area contributed by atoms with Gasteiger partial charge < -0.3 is 0 Å². The lowest BCUT2D eigenvalue weighted by atomic mass is 10.2. The maximum atomic E-state index is 14.0. The topological polar surface area (TPSA) is 81.1 Å². The quantitative estimate of drug-likeness (QED) is 0.400. The molecule has 1 amide bonds. The molecule has 11 heteroatoms. The second kappa shape index (κ2) is 8.93. The van der Waals surface area contributed by atoms with E-state index in [2.05, 4.69) is 4.98 Å². The van der Waals surface area contributed by atoms with E-state index in [0.29, 0.717) is 21.3 Å². The number of hydrogen-bond donors (Lipinski definition) is 1. The van der Waals surface area contributed by atoms with Crippen LogP contribution in [0, 0.1) is 11.6 Å². The van der Waals surface area contributed by atoms with Crippen molar-refractivity contribution in [3.63, 3.8) is 0 Å². The van der Waals surface area contributed by atoms with E-state index in [9.17, 15) is 22.0 Å². The van der Waals surface area contributed by atoms with E-state index in [1.807, 2.05) is 0 Å². The van der Waals surface area contributed by atoms with Gasteiger partial charge in [0.25, 0.3) is 15.9 Å². The van der Waals surface area contributed by atoms with Gasteiger partial charge in [-0.1, -0.05) is 41.4 Å². The van der Waals surface area contributed by atoms with Crippen LogP contribution in [0.15, 0.2) is 77.8 Å². The number of halogens is 4. The fourth-order valence-electron chi connectivity index (χ4n) is 3.09. The highest BCUT2D eigenvalue weighted by atomic mass is 35.5. The first-order chi connectivity index (χ1) is 15.7. The largest absolute Gasteiger partial charge is 0.299 e. The van der Waals surface area contributed by atoms with Gasteiger partial charge in [-0.25, -0.2) is 26.9 Å². The normalized spacial score (nSPS) is 11.4. The van der Waals surface area contributed by atoms with Crippen LogP contribution in [0.5, 0.6) is 0 Å². The summed E-state index contributed by atoms with van der Waals surface area (Å²) in [6.45, 7) is 0. The van der Waals surface area contributed by atoms with E-state index in [0.717, 1.165) is 18.2 Å². The SMILES string of the molecule is O=C(NS(=O)(=O)c1c(F)cccc1F)c1cn(-c2ccc(Cl)cc2)c(-c2ccccc2Cl)n1. The molecule has 1 aromatic heterocycles. The number of carbonyl (C=O) groups is 1. The summed E-state index contributed by atoms with van der Waals surface area (Å²) >= 11 is 12.3. The smallest absolute Gasteiger partial charge is 0.285 e. The Labute approximate surface area is 197 Å². The highest BCUT2D eigenvalue weighted by Crippen LogP contribution is 2.30. The second-order valence-corrected chi connectivity index (χ2v) is 9.22. The molecule has 0 fully saturated rings. The molecule has 0 unspecified atom stereocenters. The van der Waals surface area contributed by atoms with Crippen molar-refractivity contribution in [2.45, 2.75) is 4.90 Å². The van der Waals surface area contributed by atoms with Crippen molar-refractivity contribution in [2.75, 3.05) is 0 Å². The predicted octanol–water partition coefficient (Wildman–Crippen LogP) is 5.24. The molecule has 4 aromatic rings.